The highest BCUT2D eigenvalue weighted by Crippen LogP contribution is 2.37. The van der Waals surface area contributed by atoms with Crippen molar-refractivity contribution in [3.63, 3.8) is 0 Å². The quantitative estimate of drug-likeness (QED) is 0.758. The Kier molecular flexibility index (Phi) is 4.23. The maximum absolute atomic E-state index is 13.7. The summed E-state index contributed by atoms with van der Waals surface area (Å²) in [7, 11) is 0. The van der Waals surface area contributed by atoms with Crippen LogP contribution in [0.15, 0.2) is 40.9 Å². The molecule has 1 aliphatic rings. The SMILES string of the molecule is Cc1noc(-c2ccc3c(c2)OCO3)c1C(=O)NCc1ccc(F)cc1F. The normalized spacial score (nSPS) is 12.3. The molecule has 0 aliphatic carbocycles. The highest BCUT2D eigenvalue weighted by atomic mass is 19.1. The second-order valence-electron chi connectivity index (χ2n) is 5.96. The fourth-order valence-corrected chi connectivity index (χ4v) is 2.80. The number of amides is 1. The van der Waals surface area contributed by atoms with Crippen LogP contribution in [0.5, 0.6) is 11.5 Å². The zero-order valence-corrected chi connectivity index (χ0v) is 14.2. The molecule has 0 atom stereocenters. The largest absolute Gasteiger partial charge is 0.454 e. The Morgan fingerprint density at radius 1 is 1.15 bits per heavy atom. The van der Waals surface area contributed by atoms with E-state index in [0.29, 0.717) is 22.8 Å². The van der Waals surface area contributed by atoms with Crippen LogP contribution < -0.4 is 14.8 Å². The molecule has 3 aromatic rings. The second kappa shape index (κ2) is 6.71. The van der Waals surface area contributed by atoms with Crippen LogP contribution >= 0.6 is 0 Å². The van der Waals surface area contributed by atoms with Gasteiger partial charge in [-0.2, -0.15) is 0 Å². The number of ether oxygens (including phenoxy) is 2. The molecule has 0 spiro atoms. The molecule has 0 saturated carbocycles. The van der Waals surface area contributed by atoms with Crippen LogP contribution in [0, 0.1) is 18.6 Å². The van der Waals surface area contributed by atoms with E-state index in [1.807, 2.05) is 0 Å². The van der Waals surface area contributed by atoms with Gasteiger partial charge in [-0.3, -0.25) is 4.79 Å². The van der Waals surface area contributed by atoms with Gasteiger partial charge in [-0.1, -0.05) is 11.2 Å². The number of carbonyl (C=O) groups is 1. The van der Waals surface area contributed by atoms with Crippen molar-refractivity contribution >= 4 is 5.91 Å². The predicted molar refractivity (Wildman–Crippen MR) is 90.3 cm³/mol. The van der Waals surface area contributed by atoms with Gasteiger partial charge in [0.25, 0.3) is 5.91 Å². The maximum Gasteiger partial charge on any atom is 0.257 e. The first kappa shape index (κ1) is 17.0. The summed E-state index contributed by atoms with van der Waals surface area (Å²) in [5.74, 6) is -0.474. The van der Waals surface area contributed by atoms with Crippen molar-refractivity contribution in [2.75, 3.05) is 6.79 Å². The van der Waals surface area contributed by atoms with Crippen molar-refractivity contribution in [3.05, 3.63) is 64.9 Å². The molecule has 27 heavy (non-hydrogen) atoms. The lowest BCUT2D eigenvalue weighted by Crippen LogP contribution is -2.24. The van der Waals surface area contributed by atoms with E-state index in [9.17, 15) is 13.6 Å². The Morgan fingerprint density at radius 2 is 1.96 bits per heavy atom. The number of fused-ring (bicyclic) bond motifs is 1. The zero-order valence-electron chi connectivity index (χ0n) is 14.2. The van der Waals surface area contributed by atoms with E-state index >= 15 is 0 Å². The zero-order chi connectivity index (χ0) is 19.0. The number of benzene rings is 2. The number of rotatable bonds is 4. The first-order chi connectivity index (χ1) is 13.0. The second-order valence-corrected chi connectivity index (χ2v) is 5.96. The van der Waals surface area contributed by atoms with Gasteiger partial charge in [0.1, 0.15) is 17.2 Å². The predicted octanol–water partition coefficient (Wildman–Crippen LogP) is 3.59. The molecule has 0 bridgehead atoms. The fraction of sp³-hybridized carbons (Fsp3) is 0.158. The van der Waals surface area contributed by atoms with Crippen molar-refractivity contribution < 1.29 is 27.6 Å². The Labute approximate surface area is 152 Å². The Bertz CT molecular complexity index is 1030. The smallest absolute Gasteiger partial charge is 0.257 e. The van der Waals surface area contributed by atoms with Crippen LogP contribution in [0.3, 0.4) is 0 Å². The molecule has 1 aliphatic heterocycles. The molecular formula is C19H14F2N2O4. The Hall–Kier alpha value is -3.42. The molecule has 1 aromatic heterocycles. The number of nitrogens with one attached hydrogen (secondary N) is 1. The molecule has 8 heteroatoms. The van der Waals surface area contributed by atoms with Gasteiger partial charge in [0.05, 0.1) is 5.69 Å². The lowest BCUT2D eigenvalue weighted by Gasteiger charge is -2.07. The summed E-state index contributed by atoms with van der Waals surface area (Å²) in [6, 6.07) is 8.31. The van der Waals surface area contributed by atoms with E-state index in [4.69, 9.17) is 14.0 Å². The van der Waals surface area contributed by atoms with Gasteiger partial charge in [0.15, 0.2) is 17.3 Å². The minimum absolute atomic E-state index is 0.101. The number of aryl methyl sites for hydroxylation is 1. The number of nitrogens with zero attached hydrogens (tertiary/aromatic N) is 1. The first-order valence-electron chi connectivity index (χ1n) is 8.11. The molecular weight excluding hydrogens is 358 g/mol. The number of carbonyl (C=O) groups excluding carboxylic acids is 1. The molecule has 0 saturated heterocycles. The number of hydrogen-bond donors (Lipinski definition) is 1. The third-order valence-electron chi connectivity index (χ3n) is 4.18. The average Bonchev–Trinajstić information content (AvgIpc) is 3.26. The van der Waals surface area contributed by atoms with Gasteiger partial charge in [0.2, 0.25) is 6.79 Å². The van der Waals surface area contributed by atoms with Gasteiger partial charge < -0.3 is 19.3 Å². The Balaban J connectivity index is 1.58. The number of halogens is 2. The number of hydrogen-bond acceptors (Lipinski definition) is 5. The summed E-state index contributed by atoms with van der Waals surface area (Å²) in [5.41, 5.74) is 1.39. The Morgan fingerprint density at radius 3 is 2.78 bits per heavy atom. The fourth-order valence-electron chi connectivity index (χ4n) is 2.80. The van der Waals surface area contributed by atoms with Gasteiger partial charge in [0, 0.05) is 23.7 Å². The molecule has 2 aromatic carbocycles. The van der Waals surface area contributed by atoms with Crippen LogP contribution in [0.1, 0.15) is 21.6 Å². The van der Waals surface area contributed by atoms with Crippen LogP contribution in [0.4, 0.5) is 8.78 Å². The number of aromatic nitrogens is 1. The lowest BCUT2D eigenvalue weighted by molar-refractivity contribution is 0.0950. The third-order valence-corrected chi connectivity index (χ3v) is 4.18. The molecule has 4 rings (SSSR count). The topological polar surface area (TPSA) is 73.6 Å². The molecule has 1 amide bonds. The monoisotopic (exact) mass is 372 g/mol. The molecule has 6 nitrogen and oxygen atoms in total. The summed E-state index contributed by atoms with van der Waals surface area (Å²) >= 11 is 0. The van der Waals surface area contributed by atoms with Crippen molar-refractivity contribution in [1.82, 2.24) is 10.5 Å². The summed E-state index contributed by atoms with van der Waals surface area (Å²) in [6.45, 7) is 1.66. The summed E-state index contributed by atoms with van der Waals surface area (Å²) in [4.78, 5) is 12.6. The van der Waals surface area contributed by atoms with Gasteiger partial charge in [-0.25, -0.2) is 8.78 Å². The van der Waals surface area contributed by atoms with E-state index in [2.05, 4.69) is 10.5 Å². The average molecular weight is 372 g/mol. The van der Waals surface area contributed by atoms with Crippen LogP contribution in [-0.4, -0.2) is 17.9 Å². The maximum atomic E-state index is 13.7. The van der Waals surface area contributed by atoms with Crippen LogP contribution in [0.25, 0.3) is 11.3 Å². The van der Waals surface area contributed by atoms with Gasteiger partial charge >= 0.3 is 0 Å². The molecule has 0 radical (unpaired) electrons. The molecule has 2 heterocycles. The lowest BCUT2D eigenvalue weighted by atomic mass is 10.1. The highest BCUT2D eigenvalue weighted by molar-refractivity contribution is 6.00. The molecule has 1 N–H and O–H groups in total. The van der Waals surface area contributed by atoms with Gasteiger partial charge in [-0.15, -0.1) is 0 Å². The summed E-state index contributed by atoms with van der Waals surface area (Å²) in [6.07, 6.45) is 0. The van der Waals surface area contributed by atoms with E-state index in [1.54, 1.807) is 25.1 Å². The van der Waals surface area contributed by atoms with E-state index in [-0.39, 0.29) is 30.2 Å². The van der Waals surface area contributed by atoms with Crippen molar-refractivity contribution in [2.24, 2.45) is 0 Å². The first-order valence-corrected chi connectivity index (χ1v) is 8.11. The molecule has 0 fully saturated rings. The van der Waals surface area contributed by atoms with Crippen LogP contribution in [0.2, 0.25) is 0 Å². The van der Waals surface area contributed by atoms with Crippen molar-refractivity contribution in [1.29, 1.82) is 0 Å². The molecule has 0 unspecified atom stereocenters. The van der Waals surface area contributed by atoms with E-state index < -0.39 is 17.5 Å². The highest BCUT2D eigenvalue weighted by Gasteiger charge is 2.24. The summed E-state index contributed by atoms with van der Waals surface area (Å²) < 4.78 is 42.7. The van der Waals surface area contributed by atoms with Gasteiger partial charge in [-0.05, 0) is 31.2 Å². The standard InChI is InChI=1S/C19H14F2N2O4/c1-10-17(19(24)22-8-12-2-4-13(20)7-14(12)21)18(27-23-10)11-3-5-15-16(6-11)26-9-25-15/h2-7H,8-9H2,1H3,(H,22,24). The van der Waals surface area contributed by atoms with Crippen LogP contribution in [-0.2, 0) is 6.54 Å². The van der Waals surface area contributed by atoms with E-state index in [1.165, 1.54) is 6.07 Å². The van der Waals surface area contributed by atoms with Crippen molar-refractivity contribution in [3.8, 4) is 22.8 Å². The summed E-state index contributed by atoms with van der Waals surface area (Å²) in [5, 5.41) is 6.47. The minimum atomic E-state index is -0.728. The van der Waals surface area contributed by atoms with E-state index in [0.717, 1.165) is 12.1 Å². The molecule has 138 valence electrons. The minimum Gasteiger partial charge on any atom is -0.454 e. The third kappa shape index (κ3) is 3.21. The van der Waals surface area contributed by atoms with Crippen molar-refractivity contribution in [2.45, 2.75) is 13.5 Å².